The van der Waals surface area contributed by atoms with Crippen molar-refractivity contribution in [1.82, 2.24) is 9.80 Å². The number of nitrogens with zero attached hydrogens (tertiary/aromatic N) is 2. The van der Waals surface area contributed by atoms with Crippen LogP contribution in [0.15, 0.2) is 48.5 Å². The van der Waals surface area contributed by atoms with Gasteiger partial charge in [0.2, 0.25) is 0 Å². The molecule has 2 aromatic rings. The minimum Gasteiger partial charge on any atom is -0.494 e. The SMILES string of the molecule is CCOc1ccc(CN2CCN(C(=O)c3ccc(NC(N)=O)cc3)CC2)cc1. The molecule has 0 bridgehead atoms. The molecule has 148 valence electrons. The van der Waals surface area contributed by atoms with Crippen LogP contribution < -0.4 is 15.8 Å². The van der Waals surface area contributed by atoms with Crippen LogP contribution in [0.5, 0.6) is 5.75 Å². The number of hydrogen-bond acceptors (Lipinski definition) is 4. The lowest BCUT2D eigenvalue weighted by atomic mass is 10.1. The lowest BCUT2D eigenvalue weighted by Gasteiger charge is -2.34. The summed E-state index contributed by atoms with van der Waals surface area (Å²) in [5.41, 5.74) is 7.51. The number of ether oxygens (including phenoxy) is 1. The highest BCUT2D eigenvalue weighted by molar-refractivity contribution is 5.95. The van der Waals surface area contributed by atoms with Gasteiger partial charge in [-0.3, -0.25) is 9.69 Å². The van der Waals surface area contributed by atoms with Crippen LogP contribution in [0.4, 0.5) is 10.5 Å². The molecule has 0 spiro atoms. The van der Waals surface area contributed by atoms with Gasteiger partial charge >= 0.3 is 6.03 Å². The standard InChI is InChI=1S/C21H26N4O3/c1-2-28-19-9-3-16(4-10-19)15-24-11-13-25(14-12-24)20(26)17-5-7-18(8-6-17)23-21(22)27/h3-10H,2,11-15H2,1H3,(H3,22,23,27). The van der Waals surface area contributed by atoms with E-state index in [1.54, 1.807) is 24.3 Å². The van der Waals surface area contributed by atoms with Gasteiger partial charge in [-0.2, -0.15) is 0 Å². The normalized spacial score (nSPS) is 14.5. The number of rotatable bonds is 6. The summed E-state index contributed by atoms with van der Waals surface area (Å²) in [6, 6.07) is 14.3. The van der Waals surface area contributed by atoms with E-state index in [1.165, 1.54) is 5.56 Å². The van der Waals surface area contributed by atoms with Gasteiger partial charge in [0.05, 0.1) is 6.61 Å². The van der Waals surface area contributed by atoms with Crippen LogP contribution >= 0.6 is 0 Å². The van der Waals surface area contributed by atoms with Gasteiger partial charge in [-0.1, -0.05) is 12.1 Å². The summed E-state index contributed by atoms with van der Waals surface area (Å²) in [6.07, 6.45) is 0. The topological polar surface area (TPSA) is 87.9 Å². The van der Waals surface area contributed by atoms with E-state index in [-0.39, 0.29) is 5.91 Å². The molecule has 28 heavy (non-hydrogen) atoms. The summed E-state index contributed by atoms with van der Waals surface area (Å²) in [5.74, 6) is 0.894. The van der Waals surface area contributed by atoms with E-state index in [9.17, 15) is 9.59 Å². The Labute approximate surface area is 165 Å². The van der Waals surface area contributed by atoms with Gasteiger partial charge in [0.1, 0.15) is 5.75 Å². The Kier molecular flexibility index (Phi) is 6.49. The third kappa shape index (κ3) is 5.23. The zero-order chi connectivity index (χ0) is 19.9. The number of primary amides is 1. The molecule has 1 saturated heterocycles. The maximum atomic E-state index is 12.7. The number of nitrogens with two attached hydrogens (primary N) is 1. The molecule has 0 atom stereocenters. The summed E-state index contributed by atoms with van der Waals surface area (Å²) >= 11 is 0. The fourth-order valence-corrected chi connectivity index (χ4v) is 3.25. The molecule has 1 aliphatic rings. The minimum absolute atomic E-state index is 0.00587. The van der Waals surface area contributed by atoms with Gasteiger partial charge in [0.25, 0.3) is 5.91 Å². The summed E-state index contributed by atoms with van der Waals surface area (Å²) in [5, 5.41) is 2.49. The first-order valence-corrected chi connectivity index (χ1v) is 9.45. The van der Waals surface area contributed by atoms with Crippen molar-refractivity contribution in [3.05, 3.63) is 59.7 Å². The molecule has 0 aromatic heterocycles. The van der Waals surface area contributed by atoms with Crippen LogP contribution in [0.25, 0.3) is 0 Å². The largest absolute Gasteiger partial charge is 0.494 e. The van der Waals surface area contributed by atoms with E-state index < -0.39 is 6.03 Å². The maximum Gasteiger partial charge on any atom is 0.316 e. The molecule has 7 nitrogen and oxygen atoms in total. The van der Waals surface area contributed by atoms with Crippen LogP contribution in [-0.2, 0) is 6.54 Å². The lowest BCUT2D eigenvalue weighted by molar-refractivity contribution is 0.0628. The molecule has 0 saturated carbocycles. The summed E-state index contributed by atoms with van der Waals surface area (Å²) in [7, 11) is 0. The number of anilines is 1. The van der Waals surface area contributed by atoms with Gasteiger partial charge in [-0.25, -0.2) is 4.79 Å². The molecule has 3 rings (SSSR count). The van der Waals surface area contributed by atoms with E-state index in [0.717, 1.165) is 25.4 Å². The average molecular weight is 382 g/mol. The first kappa shape index (κ1) is 19.7. The zero-order valence-electron chi connectivity index (χ0n) is 16.1. The van der Waals surface area contributed by atoms with Crippen LogP contribution in [0, 0.1) is 0 Å². The maximum absolute atomic E-state index is 12.7. The van der Waals surface area contributed by atoms with Crippen molar-refractivity contribution in [2.75, 3.05) is 38.1 Å². The van der Waals surface area contributed by atoms with E-state index in [1.807, 2.05) is 24.0 Å². The van der Waals surface area contributed by atoms with Crippen molar-refractivity contribution in [1.29, 1.82) is 0 Å². The number of piperazine rings is 1. The quantitative estimate of drug-likeness (QED) is 0.804. The molecule has 7 heteroatoms. The fraction of sp³-hybridized carbons (Fsp3) is 0.333. The second-order valence-electron chi connectivity index (χ2n) is 6.71. The van der Waals surface area contributed by atoms with E-state index in [4.69, 9.17) is 10.5 Å². The molecule has 0 aliphatic carbocycles. The Morgan fingerprint density at radius 3 is 2.21 bits per heavy atom. The number of amides is 3. The second-order valence-corrected chi connectivity index (χ2v) is 6.71. The van der Waals surface area contributed by atoms with Crippen molar-refractivity contribution >= 4 is 17.6 Å². The summed E-state index contributed by atoms with van der Waals surface area (Å²) < 4.78 is 5.47. The Morgan fingerprint density at radius 1 is 1.00 bits per heavy atom. The summed E-state index contributed by atoms with van der Waals surface area (Å²) in [4.78, 5) is 27.8. The van der Waals surface area contributed by atoms with Crippen LogP contribution in [0.3, 0.4) is 0 Å². The highest BCUT2D eigenvalue weighted by Gasteiger charge is 2.22. The first-order chi connectivity index (χ1) is 13.5. The molecule has 3 N–H and O–H groups in total. The zero-order valence-corrected chi connectivity index (χ0v) is 16.1. The molecule has 3 amide bonds. The minimum atomic E-state index is -0.622. The Hall–Kier alpha value is -3.06. The Bertz CT molecular complexity index is 797. The average Bonchev–Trinajstić information content (AvgIpc) is 2.70. The van der Waals surface area contributed by atoms with Crippen molar-refractivity contribution in [2.45, 2.75) is 13.5 Å². The fourth-order valence-electron chi connectivity index (χ4n) is 3.25. The molecule has 1 heterocycles. The highest BCUT2D eigenvalue weighted by atomic mass is 16.5. The van der Waals surface area contributed by atoms with Gasteiger partial charge in [-0.05, 0) is 48.9 Å². The predicted octanol–water partition coefficient (Wildman–Crippen LogP) is 2.53. The first-order valence-electron chi connectivity index (χ1n) is 9.45. The smallest absolute Gasteiger partial charge is 0.316 e. The second kappa shape index (κ2) is 9.23. The van der Waals surface area contributed by atoms with Gasteiger partial charge in [0, 0.05) is 44.0 Å². The Balaban J connectivity index is 1.50. The van der Waals surface area contributed by atoms with Gasteiger partial charge in [-0.15, -0.1) is 0 Å². The van der Waals surface area contributed by atoms with Crippen LogP contribution in [0.1, 0.15) is 22.8 Å². The van der Waals surface area contributed by atoms with Crippen LogP contribution in [0.2, 0.25) is 0 Å². The third-order valence-corrected chi connectivity index (χ3v) is 4.70. The van der Waals surface area contributed by atoms with Crippen molar-refractivity contribution in [3.63, 3.8) is 0 Å². The molecule has 0 radical (unpaired) electrons. The predicted molar refractivity (Wildman–Crippen MR) is 108 cm³/mol. The molecule has 0 unspecified atom stereocenters. The lowest BCUT2D eigenvalue weighted by Crippen LogP contribution is -2.48. The van der Waals surface area contributed by atoms with Gasteiger partial charge < -0.3 is 20.7 Å². The number of carbonyl (C=O) groups is 2. The third-order valence-electron chi connectivity index (χ3n) is 4.70. The van der Waals surface area contributed by atoms with Crippen LogP contribution in [-0.4, -0.2) is 54.5 Å². The summed E-state index contributed by atoms with van der Waals surface area (Å²) in [6.45, 7) is 6.55. The van der Waals surface area contributed by atoms with E-state index in [2.05, 4.69) is 22.3 Å². The van der Waals surface area contributed by atoms with E-state index >= 15 is 0 Å². The molecule has 1 fully saturated rings. The molecular formula is C21H26N4O3. The molecular weight excluding hydrogens is 356 g/mol. The van der Waals surface area contributed by atoms with Gasteiger partial charge in [0.15, 0.2) is 0 Å². The Morgan fingerprint density at radius 2 is 1.64 bits per heavy atom. The van der Waals surface area contributed by atoms with Crippen molar-refractivity contribution in [2.24, 2.45) is 5.73 Å². The van der Waals surface area contributed by atoms with Crippen molar-refractivity contribution in [3.8, 4) is 5.75 Å². The molecule has 2 aromatic carbocycles. The number of benzene rings is 2. The number of urea groups is 1. The molecule has 1 aliphatic heterocycles. The van der Waals surface area contributed by atoms with E-state index in [0.29, 0.717) is 30.9 Å². The monoisotopic (exact) mass is 382 g/mol. The highest BCUT2D eigenvalue weighted by Crippen LogP contribution is 2.16. The number of carbonyl (C=O) groups excluding carboxylic acids is 2. The van der Waals surface area contributed by atoms with Crippen molar-refractivity contribution < 1.29 is 14.3 Å². The number of nitrogens with one attached hydrogen (secondary N) is 1. The number of hydrogen-bond donors (Lipinski definition) is 2.